The minimum atomic E-state index is -0.269. The number of ether oxygens (including phenoxy) is 1. The number of amides is 2. The Labute approximate surface area is 141 Å². The normalized spacial score (nSPS) is 14.0. The molecule has 2 amide bonds. The molecule has 0 spiro atoms. The number of nitrogens with one attached hydrogen (secondary N) is 1. The van der Waals surface area contributed by atoms with Crippen LogP contribution in [0.3, 0.4) is 0 Å². The lowest BCUT2D eigenvalue weighted by Crippen LogP contribution is -2.33. The molecule has 1 aromatic rings. The molecule has 0 atom stereocenters. The third-order valence-corrected chi connectivity index (χ3v) is 4.20. The molecule has 0 bridgehead atoms. The van der Waals surface area contributed by atoms with Crippen molar-refractivity contribution in [1.29, 1.82) is 0 Å². The van der Waals surface area contributed by atoms with Crippen molar-refractivity contribution in [3.05, 3.63) is 28.8 Å². The molecule has 23 heavy (non-hydrogen) atoms. The molecule has 0 unspecified atom stereocenters. The zero-order valence-corrected chi connectivity index (χ0v) is 14.5. The fraction of sp³-hybridized carbons (Fsp3) is 0.529. The summed E-state index contributed by atoms with van der Waals surface area (Å²) in [4.78, 5) is 25.9. The van der Waals surface area contributed by atoms with Crippen molar-refractivity contribution in [1.82, 2.24) is 4.90 Å². The molecule has 1 aliphatic rings. The highest BCUT2D eigenvalue weighted by molar-refractivity contribution is 6.33. The van der Waals surface area contributed by atoms with Crippen LogP contribution in [-0.4, -0.2) is 43.0 Å². The van der Waals surface area contributed by atoms with Crippen molar-refractivity contribution < 1.29 is 14.3 Å². The van der Waals surface area contributed by atoms with Crippen molar-refractivity contribution in [2.75, 3.05) is 25.6 Å². The predicted octanol–water partition coefficient (Wildman–Crippen LogP) is 3.19. The minimum absolute atomic E-state index is 0.00308. The van der Waals surface area contributed by atoms with E-state index in [2.05, 4.69) is 5.32 Å². The van der Waals surface area contributed by atoms with Crippen LogP contribution >= 0.6 is 11.6 Å². The molecule has 5 nitrogen and oxygen atoms in total. The van der Waals surface area contributed by atoms with Crippen molar-refractivity contribution in [3.8, 4) is 0 Å². The van der Waals surface area contributed by atoms with E-state index in [1.54, 1.807) is 30.1 Å². The van der Waals surface area contributed by atoms with E-state index in [4.69, 9.17) is 16.3 Å². The number of hydrogen-bond acceptors (Lipinski definition) is 3. The van der Waals surface area contributed by atoms with Gasteiger partial charge in [0.2, 0.25) is 5.91 Å². The Morgan fingerprint density at radius 2 is 2.09 bits per heavy atom. The smallest absolute Gasteiger partial charge is 0.253 e. The average Bonchev–Trinajstić information content (AvgIpc) is 3.32. The number of nitrogens with zero attached hydrogens (tertiary/aromatic N) is 1. The molecule has 0 saturated heterocycles. The maximum Gasteiger partial charge on any atom is 0.253 e. The van der Waals surface area contributed by atoms with E-state index in [1.807, 2.05) is 13.8 Å². The number of carbonyl (C=O) groups excluding carboxylic acids is 2. The van der Waals surface area contributed by atoms with Crippen LogP contribution in [0.2, 0.25) is 5.02 Å². The lowest BCUT2D eigenvalue weighted by molar-refractivity contribution is -0.120. The van der Waals surface area contributed by atoms with E-state index in [0.29, 0.717) is 28.8 Å². The first kappa shape index (κ1) is 17.8. The van der Waals surface area contributed by atoms with Gasteiger partial charge >= 0.3 is 0 Å². The summed E-state index contributed by atoms with van der Waals surface area (Å²) in [5.74, 6) is 0.227. The van der Waals surface area contributed by atoms with Crippen LogP contribution in [0, 0.1) is 5.92 Å². The molecule has 0 aromatic heterocycles. The Bertz CT molecular complexity index is 585. The summed E-state index contributed by atoms with van der Waals surface area (Å²) in [6.45, 7) is 4.50. The zero-order chi connectivity index (χ0) is 17.0. The molecule has 126 valence electrons. The van der Waals surface area contributed by atoms with Gasteiger partial charge < -0.3 is 15.0 Å². The molecular formula is C17H23ClN2O3. The van der Waals surface area contributed by atoms with Gasteiger partial charge in [0.25, 0.3) is 5.91 Å². The molecule has 6 heteroatoms. The van der Waals surface area contributed by atoms with Gasteiger partial charge in [-0.15, -0.1) is 0 Å². The number of carbonyl (C=O) groups is 2. The number of anilines is 1. The quantitative estimate of drug-likeness (QED) is 0.830. The Hall–Kier alpha value is -1.59. The van der Waals surface area contributed by atoms with Gasteiger partial charge in [0, 0.05) is 18.7 Å². The molecule has 1 fully saturated rings. The fourth-order valence-corrected chi connectivity index (χ4v) is 2.15. The van der Waals surface area contributed by atoms with Crippen molar-refractivity contribution in [2.45, 2.75) is 32.7 Å². The van der Waals surface area contributed by atoms with Gasteiger partial charge in [-0.25, -0.2) is 0 Å². The standard InChI is InChI=1S/C17H23ClN2O3/c1-11(2)20(3)17(22)13-6-7-14(18)15(8-13)19-16(21)10-23-9-12-4-5-12/h6-8,11-12H,4-5,9-10H2,1-3H3,(H,19,21). The Morgan fingerprint density at radius 3 is 2.70 bits per heavy atom. The molecule has 0 heterocycles. The number of benzene rings is 1. The lowest BCUT2D eigenvalue weighted by atomic mass is 10.1. The molecule has 1 saturated carbocycles. The van der Waals surface area contributed by atoms with Gasteiger partial charge in [-0.3, -0.25) is 9.59 Å². The largest absolute Gasteiger partial charge is 0.371 e. The maximum atomic E-state index is 12.3. The molecular weight excluding hydrogens is 316 g/mol. The third kappa shape index (κ3) is 5.22. The first-order valence-electron chi connectivity index (χ1n) is 7.82. The van der Waals surface area contributed by atoms with Gasteiger partial charge in [0.15, 0.2) is 0 Å². The van der Waals surface area contributed by atoms with E-state index < -0.39 is 0 Å². The first-order chi connectivity index (χ1) is 10.9. The Morgan fingerprint density at radius 1 is 1.39 bits per heavy atom. The Balaban J connectivity index is 1.98. The molecule has 1 N–H and O–H groups in total. The molecule has 1 aromatic carbocycles. The summed E-state index contributed by atoms with van der Waals surface area (Å²) in [6, 6.07) is 4.96. The van der Waals surface area contributed by atoms with Crippen molar-refractivity contribution in [2.24, 2.45) is 5.92 Å². The minimum Gasteiger partial charge on any atom is -0.371 e. The van der Waals surface area contributed by atoms with Gasteiger partial charge in [-0.2, -0.15) is 0 Å². The van der Waals surface area contributed by atoms with Gasteiger partial charge in [-0.05, 0) is 50.8 Å². The fourth-order valence-electron chi connectivity index (χ4n) is 1.98. The van der Waals surface area contributed by atoms with Crippen LogP contribution in [0.5, 0.6) is 0 Å². The monoisotopic (exact) mass is 338 g/mol. The summed E-state index contributed by atoms with van der Waals surface area (Å²) < 4.78 is 5.35. The number of rotatable bonds is 7. The van der Waals surface area contributed by atoms with Gasteiger partial charge in [0.05, 0.1) is 17.3 Å². The van der Waals surface area contributed by atoms with Crippen LogP contribution in [0.1, 0.15) is 37.0 Å². The van der Waals surface area contributed by atoms with E-state index in [-0.39, 0.29) is 24.5 Å². The summed E-state index contributed by atoms with van der Waals surface area (Å²) in [7, 11) is 1.74. The summed E-state index contributed by atoms with van der Waals surface area (Å²) in [5, 5.41) is 3.09. The molecule has 1 aliphatic carbocycles. The highest BCUT2D eigenvalue weighted by atomic mass is 35.5. The summed E-state index contributed by atoms with van der Waals surface area (Å²) >= 11 is 6.10. The lowest BCUT2D eigenvalue weighted by Gasteiger charge is -2.22. The SMILES string of the molecule is CC(C)N(C)C(=O)c1ccc(Cl)c(NC(=O)COCC2CC2)c1. The average molecular weight is 339 g/mol. The van der Waals surface area contributed by atoms with E-state index in [9.17, 15) is 9.59 Å². The topological polar surface area (TPSA) is 58.6 Å². The second kappa shape index (κ2) is 7.79. The summed E-state index contributed by atoms with van der Waals surface area (Å²) in [5.41, 5.74) is 0.912. The van der Waals surface area contributed by atoms with Gasteiger partial charge in [-0.1, -0.05) is 11.6 Å². The van der Waals surface area contributed by atoms with E-state index in [0.717, 1.165) is 0 Å². The zero-order valence-electron chi connectivity index (χ0n) is 13.8. The first-order valence-corrected chi connectivity index (χ1v) is 8.20. The van der Waals surface area contributed by atoms with Crippen LogP contribution in [0.4, 0.5) is 5.69 Å². The van der Waals surface area contributed by atoms with Crippen molar-refractivity contribution >= 4 is 29.1 Å². The predicted molar refractivity (Wildman–Crippen MR) is 90.9 cm³/mol. The summed E-state index contributed by atoms with van der Waals surface area (Å²) in [6.07, 6.45) is 2.36. The second-order valence-corrected chi connectivity index (χ2v) is 6.62. The molecule has 0 aliphatic heterocycles. The van der Waals surface area contributed by atoms with Crippen molar-refractivity contribution in [3.63, 3.8) is 0 Å². The second-order valence-electron chi connectivity index (χ2n) is 6.21. The highest BCUT2D eigenvalue weighted by Gasteiger charge is 2.21. The van der Waals surface area contributed by atoms with Crippen LogP contribution in [-0.2, 0) is 9.53 Å². The third-order valence-electron chi connectivity index (χ3n) is 3.87. The number of halogens is 1. The van der Waals surface area contributed by atoms with Crippen LogP contribution < -0.4 is 5.32 Å². The van der Waals surface area contributed by atoms with Gasteiger partial charge in [0.1, 0.15) is 6.61 Å². The van der Waals surface area contributed by atoms with E-state index >= 15 is 0 Å². The van der Waals surface area contributed by atoms with Crippen LogP contribution in [0.15, 0.2) is 18.2 Å². The maximum absolute atomic E-state index is 12.3. The molecule has 2 rings (SSSR count). The van der Waals surface area contributed by atoms with E-state index in [1.165, 1.54) is 12.8 Å². The number of hydrogen-bond donors (Lipinski definition) is 1. The Kier molecular flexibility index (Phi) is 6.02. The molecule has 0 radical (unpaired) electrons. The van der Waals surface area contributed by atoms with Crippen LogP contribution in [0.25, 0.3) is 0 Å². The highest BCUT2D eigenvalue weighted by Crippen LogP contribution is 2.28.